The highest BCUT2D eigenvalue weighted by atomic mass is 35.5. The van der Waals surface area contributed by atoms with Crippen molar-refractivity contribution < 1.29 is 13.2 Å². The van der Waals surface area contributed by atoms with Crippen LogP contribution in [0.15, 0.2) is 12.1 Å². The first-order valence-electron chi connectivity index (χ1n) is 3.42. The number of halogens is 4. The first-order valence-corrected chi connectivity index (χ1v) is 3.42. The summed E-state index contributed by atoms with van der Waals surface area (Å²) in [4.78, 5) is 0. The van der Waals surface area contributed by atoms with Gasteiger partial charge in [0.15, 0.2) is 11.6 Å². The van der Waals surface area contributed by atoms with E-state index >= 15 is 0 Å². The minimum Gasteiger partial charge on any atom is -0.324 e. The van der Waals surface area contributed by atoms with Gasteiger partial charge >= 0.3 is 0 Å². The lowest BCUT2D eigenvalue weighted by Gasteiger charge is -2.06. The highest BCUT2D eigenvalue weighted by Crippen LogP contribution is 2.18. The molecule has 1 aromatic carbocycles. The van der Waals surface area contributed by atoms with Crippen molar-refractivity contribution in [3.8, 4) is 0 Å². The van der Waals surface area contributed by atoms with Crippen molar-refractivity contribution in [2.24, 2.45) is 5.73 Å². The third kappa shape index (κ3) is 2.60. The third-order valence-corrected chi connectivity index (χ3v) is 1.53. The molecule has 0 unspecified atom stereocenters. The Bertz CT molecular complexity index is 302. The van der Waals surface area contributed by atoms with Gasteiger partial charge in [0, 0.05) is 17.7 Å². The normalized spacial score (nSPS) is 12.1. The second-order valence-electron chi connectivity index (χ2n) is 2.58. The summed E-state index contributed by atoms with van der Waals surface area (Å²) in [7, 11) is 0. The van der Waals surface area contributed by atoms with E-state index < -0.39 is 23.5 Å². The Kier molecular flexibility index (Phi) is 4.23. The molecule has 0 aliphatic carbocycles. The van der Waals surface area contributed by atoms with Gasteiger partial charge in [0.2, 0.25) is 0 Å². The fourth-order valence-corrected chi connectivity index (χ4v) is 0.887. The Morgan fingerprint density at radius 2 is 1.54 bits per heavy atom. The molecule has 0 bridgehead atoms. The Hall–Kier alpha value is -0.740. The summed E-state index contributed by atoms with van der Waals surface area (Å²) >= 11 is 0. The van der Waals surface area contributed by atoms with Crippen LogP contribution in [-0.4, -0.2) is 0 Å². The maximum absolute atomic E-state index is 12.8. The van der Waals surface area contributed by atoms with Gasteiger partial charge in [-0.15, -0.1) is 12.4 Å². The summed E-state index contributed by atoms with van der Waals surface area (Å²) < 4.78 is 37.7. The van der Waals surface area contributed by atoms with Gasteiger partial charge in [-0.05, 0) is 13.0 Å². The lowest BCUT2D eigenvalue weighted by molar-refractivity contribution is 0.486. The molecular formula is C8H9ClF3N. The topological polar surface area (TPSA) is 26.0 Å². The van der Waals surface area contributed by atoms with Gasteiger partial charge < -0.3 is 5.73 Å². The Labute approximate surface area is 80.2 Å². The molecule has 1 atom stereocenters. The quantitative estimate of drug-likeness (QED) is 0.710. The minimum atomic E-state index is -1.20. The standard InChI is InChI=1S/C8H8F3N.ClH/c1-4(12)5-2-7(10)8(11)3-6(5)9;/h2-4H,12H2,1H3;1H/t4-;/m0./s1. The van der Waals surface area contributed by atoms with Crippen LogP contribution >= 0.6 is 12.4 Å². The van der Waals surface area contributed by atoms with Crippen molar-refractivity contribution in [2.75, 3.05) is 0 Å². The summed E-state index contributed by atoms with van der Waals surface area (Å²) in [5.41, 5.74) is 5.28. The molecule has 5 heteroatoms. The van der Waals surface area contributed by atoms with E-state index in [1.165, 1.54) is 6.92 Å². The number of benzene rings is 1. The first kappa shape index (κ1) is 12.3. The zero-order valence-corrected chi connectivity index (χ0v) is 7.67. The second-order valence-corrected chi connectivity index (χ2v) is 2.58. The van der Waals surface area contributed by atoms with Crippen LogP contribution in [-0.2, 0) is 0 Å². The van der Waals surface area contributed by atoms with Crippen molar-refractivity contribution in [1.29, 1.82) is 0 Å². The minimum absolute atomic E-state index is 0. The van der Waals surface area contributed by atoms with Crippen LogP contribution < -0.4 is 5.73 Å². The van der Waals surface area contributed by atoms with E-state index in [4.69, 9.17) is 5.73 Å². The summed E-state index contributed by atoms with van der Waals surface area (Å²) in [5.74, 6) is -3.09. The molecule has 1 rings (SSSR count). The summed E-state index contributed by atoms with van der Waals surface area (Å²) in [6.45, 7) is 1.50. The van der Waals surface area contributed by atoms with Crippen LogP contribution in [0.5, 0.6) is 0 Å². The van der Waals surface area contributed by atoms with Gasteiger partial charge in [0.25, 0.3) is 0 Å². The van der Waals surface area contributed by atoms with Crippen molar-refractivity contribution in [1.82, 2.24) is 0 Å². The molecule has 0 aliphatic rings. The largest absolute Gasteiger partial charge is 0.324 e. The summed E-state index contributed by atoms with van der Waals surface area (Å²) in [5, 5.41) is 0. The highest BCUT2D eigenvalue weighted by molar-refractivity contribution is 5.85. The molecule has 0 saturated carbocycles. The summed E-state index contributed by atoms with van der Waals surface area (Å²) in [6, 6.07) is 0.628. The monoisotopic (exact) mass is 211 g/mol. The van der Waals surface area contributed by atoms with Gasteiger partial charge in [-0.3, -0.25) is 0 Å². The molecule has 13 heavy (non-hydrogen) atoms. The lowest BCUT2D eigenvalue weighted by Crippen LogP contribution is -2.08. The SMILES string of the molecule is C[C@H](N)c1cc(F)c(F)cc1F.Cl. The molecule has 1 nitrogen and oxygen atoms in total. The number of nitrogens with two attached hydrogens (primary N) is 1. The second kappa shape index (κ2) is 4.48. The first-order chi connectivity index (χ1) is 5.52. The number of hydrogen-bond donors (Lipinski definition) is 1. The smallest absolute Gasteiger partial charge is 0.161 e. The van der Waals surface area contributed by atoms with E-state index in [2.05, 4.69) is 0 Å². The lowest BCUT2D eigenvalue weighted by atomic mass is 10.1. The zero-order valence-electron chi connectivity index (χ0n) is 6.85. The molecule has 0 fully saturated rings. The van der Waals surface area contributed by atoms with Crippen LogP contribution in [0.2, 0.25) is 0 Å². The molecule has 0 spiro atoms. The fraction of sp³-hybridized carbons (Fsp3) is 0.250. The predicted octanol–water partition coefficient (Wildman–Crippen LogP) is 2.55. The highest BCUT2D eigenvalue weighted by Gasteiger charge is 2.11. The summed E-state index contributed by atoms with van der Waals surface area (Å²) in [6.07, 6.45) is 0. The molecular weight excluding hydrogens is 203 g/mol. The molecule has 0 heterocycles. The fourth-order valence-electron chi connectivity index (χ4n) is 0.887. The van der Waals surface area contributed by atoms with Gasteiger partial charge in [0.1, 0.15) is 5.82 Å². The average Bonchev–Trinajstić information content (AvgIpc) is 1.96. The molecule has 74 valence electrons. The van der Waals surface area contributed by atoms with Crippen LogP contribution in [0, 0.1) is 17.5 Å². The van der Waals surface area contributed by atoms with E-state index in [-0.39, 0.29) is 18.0 Å². The van der Waals surface area contributed by atoms with E-state index in [1.54, 1.807) is 0 Å². The van der Waals surface area contributed by atoms with E-state index in [0.717, 1.165) is 6.07 Å². The van der Waals surface area contributed by atoms with Crippen molar-refractivity contribution in [2.45, 2.75) is 13.0 Å². The molecule has 0 aliphatic heterocycles. The Morgan fingerprint density at radius 3 is 2.00 bits per heavy atom. The molecule has 0 radical (unpaired) electrons. The van der Waals surface area contributed by atoms with Gasteiger partial charge in [-0.25, -0.2) is 13.2 Å². The Balaban J connectivity index is 0.00000144. The van der Waals surface area contributed by atoms with E-state index in [0.29, 0.717) is 6.07 Å². The maximum Gasteiger partial charge on any atom is 0.161 e. The van der Waals surface area contributed by atoms with Crippen molar-refractivity contribution in [3.63, 3.8) is 0 Å². The Morgan fingerprint density at radius 1 is 1.08 bits per heavy atom. The van der Waals surface area contributed by atoms with Gasteiger partial charge in [-0.2, -0.15) is 0 Å². The van der Waals surface area contributed by atoms with Crippen LogP contribution in [0.25, 0.3) is 0 Å². The molecule has 0 aromatic heterocycles. The van der Waals surface area contributed by atoms with Crippen molar-refractivity contribution >= 4 is 12.4 Å². The van der Waals surface area contributed by atoms with Gasteiger partial charge in [0.05, 0.1) is 0 Å². The molecule has 0 saturated heterocycles. The number of hydrogen-bond acceptors (Lipinski definition) is 1. The molecule has 1 aromatic rings. The van der Waals surface area contributed by atoms with Crippen LogP contribution in [0.3, 0.4) is 0 Å². The van der Waals surface area contributed by atoms with Gasteiger partial charge in [-0.1, -0.05) is 0 Å². The zero-order chi connectivity index (χ0) is 9.30. The maximum atomic E-state index is 12.8. The third-order valence-electron chi connectivity index (χ3n) is 1.53. The van der Waals surface area contributed by atoms with Crippen LogP contribution in [0.1, 0.15) is 18.5 Å². The van der Waals surface area contributed by atoms with Crippen LogP contribution in [0.4, 0.5) is 13.2 Å². The number of rotatable bonds is 1. The predicted molar refractivity (Wildman–Crippen MR) is 46.2 cm³/mol. The average molecular weight is 212 g/mol. The van der Waals surface area contributed by atoms with Crippen molar-refractivity contribution in [3.05, 3.63) is 35.1 Å². The molecule has 2 N–H and O–H groups in total. The van der Waals surface area contributed by atoms with E-state index in [1.807, 2.05) is 0 Å². The molecule has 0 amide bonds. The van der Waals surface area contributed by atoms with E-state index in [9.17, 15) is 13.2 Å².